The number of rotatable bonds is 7. The first-order valence-electron chi connectivity index (χ1n) is 5.59. The van der Waals surface area contributed by atoms with Gasteiger partial charge in [0, 0.05) is 25.2 Å². The molecule has 0 fully saturated rings. The lowest BCUT2D eigenvalue weighted by Crippen LogP contribution is -2.41. The van der Waals surface area contributed by atoms with Crippen LogP contribution in [0.2, 0.25) is 0 Å². The maximum absolute atomic E-state index is 9.71. The van der Waals surface area contributed by atoms with Gasteiger partial charge in [0.05, 0.1) is 6.10 Å². The van der Waals surface area contributed by atoms with Crippen LogP contribution < -0.4 is 5.32 Å². The van der Waals surface area contributed by atoms with Gasteiger partial charge in [-0.3, -0.25) is 0 Å². The van der Waals surface area contributed by atoms with Gasteiger partial charge in [0.2, 0.25) is 0 Å². The second-order valence-corrected chi connectivity index (χ2v) is 4.41. The van der Waals surface area contributed by atoms with E-state index in [-0.39, 0.29) is 6.10 Å². The highest BCUT2D eigenvalue weighted by Gasteiger charge is 2.12. The van der Waals surface area contributed by atoms with Gasteiger partial charge in [0.25, 0.3) is 0 Å². The molecule has 2 atom stereocenters. The fourth-order valence-corrected chi connectivity index (χ4v) is 1.26. The summed E-state index contributed by atoms with van der Waals surface area (Å²) in [4.78, 5) is 2.20. The standard InChI is InChI=1S/C11H26N2O/c1-6-10(4)13(5)8-11(14)7-12-9(2)3/h9-12,14H,6-8H2,1-5H3. The van der Waals surface area contributed by atoms with E-state index in [1.54, 1.807) is 0 Å². The highest BCUT2D eigenvalue weighted by atomic mass is 16.3. The van der Waals surface area contributed by atoms with Crippen LogP contribution in [0.25, 0.3) is 0 Å². The second kappa shape index (κ2) is 7.21. The summed E-state index contributed by atoms with van der Waals surface area (Å²) in [6.45, 7) is 9.95. The number of hydrogen-bond acceptors (Lipinski definition) is 3. The Kier molecular flexibility index (Phi) is 7.15. The first-order valence-corrected chi connectivity index (χ1v) is 5.59. The lowest BCUT2D eigenvalue weighted by Gasteiger charge is -2.26. The molecule has 0 radical (unpaired) electrons. The Labute approximate surface area is 88.5 Å². The Bertz CT molecular complexity index is 139. The monoisotopic (exact) mass is 202 g/mol. The smallest absolute Gasteiger partial charge is 0.0791 e. The average molecular weight is 202 g/mol. The quantitative estimate of drug-likeness (QED) is 0.648. The number of likely N-dealkylation sites (N-methyl/N-ethyl adjacent to an activating group) is 1. The first-order chi connectivity index (χ1) is 6.47. The third kappa shape index (κ3) is 6.35. The molecule has 3 heteroatoms. The molecule has 14 heavy (non-hydrogen) atoms. The van der Waals surface area contributed by atoms with Crippen LogP contribution in [0.15, 0.2) is 0 Å². The fraction of sp³-hybridized carbons (Fsp3) is 1.00. The first kappa shape index (κ1) is 13.9. The Morgan fingerprint density at radius 1 is 1.29 bits per heavy atom. The molecule has 0 saturated heterocycles. The minimum Gasteiger partial charge on any atom is -0.390 e. The summed E-state index contributed by atoms with van der Waals surface area (Å²) < 4.78 is 0. The van der Waals surface area contributed by atoms with Crippen molar-refractivity contribution in [1.29, 1.82) is 0 Å². The van der Waals surface area contributed by atoms with E-state index in [4.69, 9.17) is 0 Å². The minimum atomic E-state index is -0.267. The average Bonchev–Trinajstić information content (AvgIpc) is 2.13. The van der Waals surface area contributed by atoms with Crippen molar-refractivity contribution in [1.82, 2.24) is 10.2 Å². The molecule has 0 spiro atoms. The van der Waals surface area contributed by atoms with E-state index in [9.17, 15) is 5.11 Å². The zero-order valence-electron chi connectivity index (χ0n) is 10.2. The molecule has 2 N–H and O–H groups in total. The largest absolute Gasteiger partial charge is 0.390 e. The number of nitrogens with zero attached hydrogens (tertiary/aromatic N) is 1. The Hall–Kier alpha value is -0.120. The van der Waals surface area contributed by atoms with Gasteiger partial charge >= 0.3 is 0 Å². The molecular weight excluding hydrogens is 176 g/mol. The molecule has 0 aliphatic rings. The lowest BCUT2D eigenvalue weighted by atomic mass is 10.2. The molecular formula is C11H26N2O. The highest BCUT2D eigenvalue weighted by Crippen LogP contribution is 2.00. The van der Waals surface area contributed by atoms with Gasteiger partial charge in [-0.1, -0.05) is 20.8 Å². The van der Waals surface area contributed by atoms with Gasteiger partial charge in [-0.15, -0.1) is 0 Å². The van der Waals surface area contributed by atoms with E-state index in [1.807, 2.05) is 0 Å². The van der Waals surface area contributed by atoms with Crippen LogP contribution >= 0.6 is 0 Å². The Morgan fingerprint density at radius 2 is 1.86 bits per heavy atom. The highest BCUT2D eigenvalue weighted by molar-refractivity contribution is 4.69. The molecule has 0 aliphatic carbocycles. The summed E-state index contributed by atoms with van der Waals surface area (Å²) in [6, 6.07) is 0.988. The summed E-state index contributed by atoms with van der Waals surface area (Å²) in [5.74, 6) is 0. The van der Waals surface area contributed by atoms with E-state index in [1.165, 1.54) is 0 Å². The number of hydrogen-bond donors (Lipinski definition) is 2. The van der Waals surface area contributed by atoms with Crippen molar-refractivity contribution in [2.75, 3.05) is 20.1 Å². The summed E-state index contributed by atoms with van der Waals surface area (Å²) in [7, 11) is 2.06. The zero-order valence-corrected chi connectivity index (χ0v) is 10.2. The third-order valence-electron chi connectivity index (χ3n) is 2.60. The Balaban J connectivity index is 3.65. The molecule has 3 nitrogen and oxygen atoms in total. The van der Waals surface area contributed by atoms with Crippen molar-refractivity contribution in [3.8, 4) is 0 Å². The molecule has 0 aliphatic heterocycles. The lowest BCUT2D eigenvalue weighted by molar-refractivity contribution is 0.104. The van der Waals surface area contributed by atoms with Crippen LogP contribution in [0, 0.1) is 0 Å². The van der Waals surface area contributed by atoms with Gasteiger partial charge in [0.1, 0.15) is 0 Å². The third-order valence-corrected chi connectivity index (χ3v) is 2.60. The van der Waals surface area contributed by atoms with Crippen LogP contribution in [-0.4, -0.2) is 48.3 Å². The maximum atomic E-state index is 9.71. The number of aliphatic hydroxyl groups is 1. The number of aliphatic hydroxyl groups excluding tert-OH is 1. The molecule has 0 heterocycles. The van der Waals surface area contributed by atoms with Crippen LogP contribution in [0.1, 0.15) is 34.1 Å². The van der Waals surface area contributed by atoms with E-state index in [2.05, 4.69) is 45.0 Å². The molecule has 0 bridgehead atoms. The topological polar surface area (TPSA) is 35.5 Å². The molecule has 0 saturated carbocycles. The second-order valence-electron chi connectivity index (χ2n) is 4.41. The molecule has 86 valence electrons. The van der Waals surface area contributed by atoms with Gasteiger partial charge in [-0.25, -0.2) is 0 Å². The van der Waals surface area contributed by atoms with E-state index in [0.717, 1.165) is 13.0 Å². The van der Waals surface area contributed by atoms with Crippen molar-refractivity contribution in [2.24, 2.45) is 0 Å². The maximum Gasteiger partial charge on any atom is 0.0791 e. The van der Waals surface area contributed by atoms with Gasteiger partial charge in [0.15, 0.2) is 0 Å². The van der Waals surface area contributed by atoms with E-state index < -0.39 is 0 Å². The molecule has 0 rings (SSSR count). The molecule has 0 aromatic rings. The van der Waals surface area contributed by atoms with Crippen molar-refractivity contribution >= 4 is 0 Å². The van der Waals surface area contributed by atoms with Crippen LogP contribution in [0.3, 0.4) is 0 Å². The summed E-state index contributed by atoms with van der Waals surface area (Å²) in [5.41, 5.74) is 0. The number of nitrogens with one attached hydrogen (secondary N) is 1. The van der Waals surface area contributed by atoms with Crippen molar-refractivity contribution < 1.29 is 5.11 Å². The summed E-state index contributed by atoms with van der Waals surface area (Å²) in [5, 5.41) is 12.9. The predicted octanol–water partition coefficient (Wildman–Crippen LogP) is 1.08. The molecule has 0 aromatic carbocycles. The van der Waals surface area contributed by atoms with Crippen LogP contribution in [-0.2, 0) is 0 Å². The molecule has 2 unspecified atom stereocenters. The van der Waals surface area contributed by atoms with Crippen molar-refractivity contribution in [3.05, 3.63) is 0 Å². The summed E-state index contributed by atoms with van der Waals surface area (Å²) >= 11 is 0. The van der Waals surface area contributed by atoms with Gasteiger partial charge in [-0.05, 0) is 20.4 Å². The SMILES string of the molecule is CCC(C)N(C)CC(O)CNC(C)C. The Morgan fingerprint density at radius 3 is 2.29 bits per heavy atom. The molecule has 0 amide bonds. The summed E-state index contributed by atoms with van der Waals surface area (Å²) in [6.07, 6.45) is 0.859. The van der Waals surface area contributed by atoms with Crippen LogP contribution in [0.4, 0.5) is 0 Å². The normalized spacial score (nSPS) is 16.3. The van der Waals surface area contributed by atoms with Gasteiger partial charge < -0.3 is 15.3 Å². The zero-order chi connectivity index (χ0) is 11.1. The minimum absolute atomic E-state index is 0.267. The van der Waals surface area contributed by atoms with Crippen molar-refractivity contribution in [3.63, 3.8) is 0 Å². The van der Waals surface area contributed by atoms with Gasteiger partial charge in [-0.2, -0.15) is 0 Å². The van der Waals surface area contributed by atoms with Crippen molar-refractivity contribution in [2.45, 2.75) is 52.3 Å². The van der Waals surface area contributed by atoms with E-state index in [0.29, 0.717) is 18.6 Å². The van der Waals surface area contributed by atoms with Crippen LogP contribution in [0.5, 0.6) is 0 Å². The predicted molar refractivity (Wildman–Crippen MR) is 61.5 cm³/mol. The van der Waals surface area contributed by atoms with E-state index >= 15 is 0 Å². The fourth-order valence-electron chi connectivity index (χ4n) is 1.26. The molecule has 0 aromatic heterocycles.